The zero-order valence-corrected chi connectivity index (χ0v) is 14.4. The molecule has 3 nitrogen and oxygen atoms in total. The van der Waals surface area contributed by atoms with Crippen molar-refractivity contribution in [3.8, 4) is 11.5 Å². The molecule has 1 fully saturated rings. The van der Waals surface area contributed by atoms with Gasteiger partial charge in [-0.25, -0.2) is 0 Å². The summed E-state index contributed by atoms with van der Waals surface area (Å²) in [5.74, 6) is 2.10. The summed E-state index contributed by atoms with van der Waals surface area (Å²) in [5, 5.41) is 4.16. The predicted molar refractivity (Wildman–Crippen MR) is 87.5 cm³/mol. The minimum atomic E-state index is 0.252. The normalized spacial score (nSPS) is 21.0. The molecule has 1 aromatic rings. The summed E-state index contributed by atoms with van der Waals surface area (Å²) in [6.45, 7) is 9.74. The molecular weight excluding hydrogens is 286 g/mol. The van der Waals surface area contributed by atoms with Gasteiger partial charge in [0.1, 0.15) is 0 Å². The molecule has 4 heteroatoms. The molecule has 1 saturated carbocycles. The van der Waals surface area contributed by atoms with Crippen LogP contribution in [0.3, 0.4) is 0 Å². The summed E-state index contributed by atoms with van der Waals surface area (Å²) in [4.78, 5) is 0. The largest absolute Gasteiger partial charge is 0.490 e. The first kappa shape index (κ1) is 16.4. The van der Waals surface area contributed by atoms with Gasteiger partial charge in [0, 0.05) is 17.1 Å². The lowest BCUT2D eigenvalue weighted by molar-refractivity contribution is 0.287. The Morgan fingerprint density at radius 3 is 2.19 bits per heavy atom. The quantitative estimate of drug-likeness (QED) is 0.807. The van der Waals surface area contributed by atoms with Crippen LogP contribution >= 0.6 is 11.6 Å². The van der Waals surface area contributed by atoms with E-state index >= 15 is 0 Å². The van der Waals surface area contributed by atoms with E-state index in [0.717, 1.165) is 22.1 Å². The zero-order chi connectivity index (χ0) is 15.6. The van der Waals surface area contributed by atoms with Gasteiger partial charge in [-0.1, -0.05) is 25.4 Å². The molecule has 1 N–H and O–H groups in total. The summed E-state index contributed by atoms with van der Waals surface area (Å²) in [5.41, 5.74) is 1.48. The second-order valence-corrected chi connectivity index (χ2v) is 6.66. The van der Waals surface area contributed by atoms with Crippen molar-refractivity contribution in [3.63, 3.8) is 0 Å². The minimum Gasteiger partial charge on any atom is -0.490 e. The van der Waals surface area contributed by atoms with Crippen LogP contribution in [0.4, 0.5) is 0 Å². The fourth-order valence-corrected chi connectivity index (χ4v) is 3.25. The van der Waals surface area contributed by atoms with Gasteiger partial charge in [0.15, 0.2) is 11.5 Å². The number of nitrogens with one attached hydrogen (secondary N) is 1. The zero-order valence-electron chi connectivity index (χ0n) is 13.6. The molecule has 2 rings (SSSR count). The van der Waals surface area contributed by atoms with Crippen molar-refractivity contribution >= 4 is 11.6 Å². The number of ether oxygens (including phenoxy) is 2. The topological polar surface area (TPSA) is 30.5 Å². The Morgan fingerprint density at radius 2 is 1.76 bits per heavy atom. The predicted octanol–water partition coefficient (Wildman–Crippen LogP) is 4.44. The smallest absolute Gasteiger partial charge is 0.162 e. The van der Waals surface area contributed by atoms with Crippen molar-refractivity contribution in [3.05, 3.63) is 22.7 Å². The van der Waals surface area contributed by atoms with E-state index in [-0.39, 0.29) is 6.04 Å². The summed E-state index contributed by atoms with van der Waals surface area (Å²) in [7, 11) is 1.99. The van der Waals surface area contributed by atoms with Gasteiger partial charge in [0.25, 0.3) is 0 Å². The molecule has 0 aliphatic heterocycles. The summed E-state index contributed by atoms with van der Waals surface area (Å²) in [6.07, 6.45) is 1.21. The second kappa shape index (κ2) is 6.45. The van der Waals surface area contributed by atoms with Crippen LogP contribution in [-0.4, -0.2) is 20.3 Å². The molecule has 1 aliphatic rings. The molecule has 1 aromatic carbocycles. The number of halogens is 1. The van der Waals surface area contributed by atoms with Crippen LogP contribution in [0.2, 0.25) is 5.02 Å². The highest BCUT2D eigenvalue weighted by Gasteiger charge is 2.50. The van der Waals surface area contributed by atoms with Crippen LogP contribution in [0, 0.1) is 11.3 Å². The first-order valence-corrected chi connectivity index (χ1v) is 8.08. The molecule has 2 atom stereocenters. The Kier molecular flexibility index (Phi) is 5.05. The van der Waals surface area contributed by atoms with Crippen molar-refractivity contribution in [1.82, 2.24) is 5.32 Å². The fourth-order valence-electron chi connectivity index (χ4n) is 2.98. The van der Waals surface area contributed by atoms with E-state index in [0.29, 0.717) is 24.5 Å². The molecule has 0 aromatic heterocycles. The second-order valence-electron chi connectivity index (χ2n) is 6.25. The number of hydrogen-bond donors (Lipinski definition) is 1. The van der Waals surface area contributed by atoms with Crippen molar-refractivity contribution in [2.45, 2.75) is 40.2 Å². The van der Waals surface area contributed by atoms with Gasteiger partial charge in [-0.2, -0.15) is 0 Å². The maximum Gasteiger partial charge on any atom is 0.162 e. The highest BCUT2D eigenvalue weighted by Crippen LogP contribution is 2.58. The third-order valence-corrected chi connectivity index (χ3v) is 4.63. The van der Waals surface area contributed by atoms with Gasteiger partial charge in [0.05, 0.1) is 13.2 Å². The Balaban J connectivity index is 2.36. The van der Waals surface area contributed by atoms with E-state index < -0.39 is 0 Å². The molecular formula is C17H26ClNO2. The third-order valence-electron chi connectivity index (χ3n) is 4.30. The van der Waals surface area contributed by atoms with Crippen LogP contribution in [0.1, 0.15) is 45.7 Å². The molecule has 0 spiro atoms. The van der Waals surface area contributed by atoms with E-state index in [1.54, 1.807) is 0 Å². The minimum absolute atomic E-state index is 0.252. The first-order valence-electron chi connectivity index (χ1n) is 7.70. The van der Waals surface area contributed by atoms with Crippen LogP contribution in [-0.2, 0) is 0 Å². The van der Waals surface area contributed by atoms with Crippen molar-refractivity contribution in [1.29, 1.82) is 0 Å². The van der Waals surface area contributed by atoms with Crippen LogP contribution in [0.15, 0.2) is 12.1 Å². The van der Waals surface area contributed by atoms with Crippen LogP contribution in [0.5, 0.6) is 11.5 Å². The van der Waals surface area contributed by atoms with Gasteiger partial charge < -0.3 is 14.8 Å². The Bertz CT molecular complexity index is 502. The lowest BCUT2D eigenvalue weighted by Gasteiger charge is -2.22. The lowest BCUT2D eigenvalue weighted by atomic mass is 9.96. The molecule has 2 unspecified atom stereocenters. The van der Waals surface area contributed by atoms with Gasteiger partial charge in [-0.05, 0) is 50.3 Å². The summed E-state index contributed by atoms with van der Waals surface area (Å²) >= 11 is 6.50. The van der Waals surface area contributed by atoms with E-state index in [1.165, 1.54) is 6.42 Å². The molecule has 0 heterocycles. The number of benzene rings is 1. The average molecular weight is 312 g/mol. The fraction of sp³-hybridized carbons (Fsp3) is 0.647. The average Bonchev–Trinajstić information content (AvgIpc) is 3.04. The van der Waals surface area contributed by atoms with E-state index in [2.05, 4.69) is 19.2 Å². The Hall–Kier alpha value is -0.930. The van der Waals surface area contributed by atoms with E-state index in [1.807, 2.05) is 33.0 Å². The summed E-state index contributed by atoms with van der Waals surface area (Å²) < 4.78 is 11.3. The van der Waals surface area contributed by atoms with Gasteiger partial charge >= 0.3 is 0 Å². The third kappa shape index (κ3) is 3.46. The molecule has 0 radical (unpaired) electrons. The number of rotatable bonds is 7. The van der Waals surface area contributed by atoms with Crippen LogP contribution < -0.4 is 14.8 Å². The molecule has 118 valence electrons. The van der Waals surface area contributed by atoms with E-state index in [9.17, 15) is 0 Å². The van der Waals surface area contributed by atoms with Gasteiger partial charge in [0.2, 0.25) is 0 Å². The highest BCUT2D eigenvalue weighted by molar-refractivity contribution is 6.31. The number of hydrogen-bond acceptors (Lipinski definition) is 3. The van der Waals surface area contributed by atoms with Crippen LogP contribution in [0.25, 0.3) is 0 Å². The van der Waals surface area contributed by atoms with Crippen molar-refractivity contribution in [2.24, 2.45) is 11.3 Å². The van der Waals surface area contributed by atoms with Gasteiger partial charge in [-0.15, -0.1) is 0 Å². The van der Waals surface area contributed by atoms with Gasteiger partial charge in [-0.3, -0.25) is 0 Å². The molecule has 0 saturated heterocycles. The van der Waals surface area contributed by atoms with E-state index in [4.69, 9.17) is 21.1 Å². The van der Waals surface area contributed by atoms with Crippen molar-refractivity contribution < 1.29 is 9.47 Å². The standard InChI is InChI=1S/C17H26ClNO2/c1-6-20-14-8-11(13(18)9-15(14)21-7-2)16(19-5)12-10-17(12,3)4/h8-9,12,16,19H,6-7,10H2,1-5H3. The maximum absolute atomic E-state index is 6.50. The lowest BCUT2D eigenvalue weighted by Crippen LogP contribution is -2.21. The molecule has 21 heavy (non-hydrogen) atoms. The molecule has 0 amide bonds. The first-order chi connectivity index (χ1) is 9.94. The summed E-state index contributed by atoms with van der Waals surface area (Å²) in [6, 6.07) is 4.17. The maximum atomic E-state index is 6.50. The Labute approximate surface area is 133 Å². The van der Waals surface area contributed by atoms with Crippen molar-refractivity contribution in [2.75, 3.05) is 20.3 Å². The Morgan fingerprint density at radius 1 is 1.24 bits per heavy atom. The molecule has 0 bridgehead atoms. The SMILES string of the molecule is CCOc1cc(Cl)c(C(NC)C2CC2(C)C)cc1OCC. The monoisotopic (exact) mass is 311 g/mol. The highest BCUT2D eigenvalue weighted by atomic mass is 35.5. The molecule has 1 aliphatic carbocycles.